The summed E-state index contributed by atoms with van der Waals surface area (Å²) in [5, 5.41) is 9.49. The number of likely N-dealkylation sites (N-methyl/N-ethyl adjacent to an activating group) is 1. The minimum Gasteiger partial charge on any atom is -0.481 e. The number of carbonyl (C=O) groups is 2. The fourth-order valence-corrected chi connectivity index (χ4v) is 3.49. The van der Waals surface area contributed by atoms with Crippen LogP contribution >= 0.6 is 0 Å². The second-order valence-electron chi connectivity index (χ2n) is 7.22. The summed E-state index contributed by atoms with van der Waals surface area (Å²) in [6.07, 6.45) is 0.401. The molecule has 1 unspecified atom stereocenters. The van der Waals surface area contributed by atoms with Gasteiger partial charge in [-0.1, -0.05) is 54.6 Å². The van der Waals surface area contributed by atoms with Crippen LogP contribution in [0.5, 0.6) is 0 Å². The Kier molecular flexibility index (Phi) is 6.24. The lowest BCUT2D eigenvalue weighted by atomic mass is 9.96. The van der Waals surface area contributed by atoms with Gasteiger partial charge in [0.1, 0.15) is 0 Å². The van der Waals surface area contributed by atoms with Crippen LogP contribution in [0.25, 0.3) is 0 Å². The summed E-state index contributed by atoms with van der Waals surface area (Å²) in [4.78, 5) is 28.1. The molecule has 142 valence electrons. The highest BCUT2D eigenvalue weighted by Crippen LogP contribution is 2.21. The second kappa shape index (κ2) is 8.82. The van der Waals surface area contributed by atoms with E-state index < -0.39 is 11.9 Å². The van der Waals surface area contributed by atoms with Gasteiger partial charge in [0.05, 0.1) is 5.92 Å². The van der Waals surface area contributed by atoms with E-state index in [1.165, 1.54) is 11.1 Å². The maximum Gasteiger partial charge on any atom is 0.307 e. The van der Waals surface area contributed by atoms with Crippen molar-refractivity contribution < 1.29 is 14.7 Å². The summed E-state index contributed by atoms with van der Waals surface area (Å²) in [6.45, 7) is 3.20. The monoisotopic (exact) mass is 366 g/mol. The van der Waals surface area contributed by atoms with Gasteiger partial charge in [0.2, 0.25) is 5.91 Å². The number of amides is 1. The van der Waals surface area contributed by atoms with Gasteiger partial charge >= 0.3 is 5.97 Å². The van der Waals surface area contributed by atoms with Gasteiger partial charge in [0, 0.05) is 39.6 Å². The summed E-state index contributed by atoms with van der Waals surface area (Å²) >= 11 is 0. The van der Waals surface area contributed by atoms with Crippen molar-refractivity contribution in [3.8, 4) is 0 Å². The average Bonchev–Trinajstić information content (AvgIpc) is 3.09. The summed E-state index contributed by atoms with van der Waals surface area (Å²) in [7, 11) is 1.76. The number of rotatable bonds is 8. The van der Waals surface area contributed by atoms with Gasteiger partial charge in [-0.05, 0) is 23.1 Å². The van der Waals surface area contributed by atoms with E-state index in [-0.39, 0.29) is 12.3 Å². The average molecular weight is 366 g/mol. The molecule has 2 aromatic rings. The highest BCUT2D eigenvalue weighted by atomic mass is 16.4. The molecule has 2 aromatic carbocycles. The number of hydrogen-bond acceptors (Lipinski definition) is 3. The number of hydrogen-bond donors (Lipinski definition) is 1. The number of nitrogens with zero attached hydrogens (tertiary/aromatic N) is 2. The smallest absolute Gasteiger partial charge is 0.307 e. The summed E-state index contributed by atoms with van der Waals surface area (Å²) in [5.74, 6) is -1.73. The standard InChI is InChI=1S/C22H26N2O3/c1-23(11-12-24-15-18-9-5-6-10-19(18)16-24)21(25)14-20(22(26)27)13-17-7-3-2-4-8-17/h2-10,20H,11-16H2,1H3,(H,26,27). The molecule has 1 heterocycles. The molecule has 5 heteroatoms. The number of aliphatic carboxylic acids is 1. The zero-order chi connectivity index (χ0) is 19.2. The van der Waals surface area contributed by atoms with Crippen LogP contribution < -0.4 is 0 Å². The minimum atomic E-state index is -0.921. The van der Waals surface area contributed by atoms with Crippen molar-refractivity contribution in [1.82, 2.24) is 9.80 Å². The number of fused-ring (bicyclic) bond motifs is 1. The number of carboxylic acid groups (broad SMARTS) is 1. The first-order valence-electron chi connectivity index (χ1n) is 9.33. The first-order chi connectivity index (χ1) is 13.0. The van der Waals surface area contributed by atoms with Crippen LogP contribution in [0.3, 0.4) is 0 Å². The number of carboxylic acids is 1. The Labute approximate surface area is 160 Å². The highest BCUT2D eigenvalue weighted by Gasteiger charge is 2.24. The Morgan fingerprint density at radius 1 is 1.04 bits per heavy atom. The number of benzene rings is 2. The molecule has 0 radical (unpaired) electrons. The SMILES string of the molecule is CN(CCN1Cc2ccccc2C1)C(=O)CC(Cc1ccccc1)C(=O)O. The molecule has 1 atom stereocenters. The predicted octanol–water partition coefficient (Wildman–Crippen LogP) is 2.79. The fourth-order valence-electron chi connectivity index (χ4n) is 3.49. The molecule has 5 nitrogen and oxygen atoms in total. The molecule has 3 rings (SSSR count). The third-order valence-corrected chi connectivity index (χ3v) is 5.18. The van der Waals surface area contributed by atoms with E-state index in [0.29, 0.717) is 13.0 Å². The van der Waals surface area contributed by atoms with Crippen molar-refractivity contribution in [1.29, 1.82) is 0 Å². The molecule has 0 bridgehead atoms. The third kappa shape index (κ3) is 5.17. The molecule has 0 saturated heterocycles. The van der Waals surface area contributed by atoms with Crippen molar-refractivity contribution in [2.45, 2.75) is 25.9 Å². The molecule has 1 amide bonds. The topological polar surface area (TPSA) is 60.9 Å². The van der Waals surface area contributed by atoms with Gasteiger partial charge in [0.25, 0.3) is 0 Å². The van der Waals surface area contributed by atoms with E-state index in [0.717, 1.165) is 25.2 Å². The number of carbonyl (C=O) groups excluding carboxylic acids is 1. The van der Waals surface area contributed by atoms with Crippen LogP contribution in [0.15, 0.2) is 54.6 Å². The second-order valence-corrected chi connectivity index (χ2v) is 7.22. The molecule has 1 aliphatic heterocycles. The normalized spacial score (nSPS) is 14.6. The van der Waals surface area contributed by atoms with Crippen LogP contribution in [-0.2, 0) is 29.1 Å². The fraction of sp³-hybridized carbons (Fsp3) is 0.364. The minimum absolute atomic E-state index is 0.0287. The quantitative estimate of drug-likeness (QED) is 0.780. The molecular formula is C22H26N2O3. The van der Waals surface area contributed by atoms with Gasteiger partial charge in [-0.15, -0.1) is 0 Å². The van der Waals surface area contributed by atoms with E-state index >= 15 is 0 Å². The van der Waals surface area contributed by atoms with E-state index in [2.05, 4.69) is 29.2 Å². The molecule has 1 aliphatic rings. The van der Waals surface area contributed by atoms with Crippen molar-refractivity contribution in [3.63, 3.8) is 0 Å². The van der Waals surface area contributed by atoms with Gasteiger partial charge in [-0.3, -0.25) is 14.5 Å². The Morgan fingerprint density at radius 3 is 2.22 bits per heavy atom. The Hall–Kier alpha value is -2.66. The zero-order valence-corrected chi connectivity index (χ0v) is 15.7. The summed E-state index contributed by atoms with van der Waals surface area (Å²) < 4.78 is 0. The lowest BCUT2D eigenvalue weighted by Crippen LogP contribution is -2.36. The molecule has 0 saturated carbocycles. The molecule has 0 fully saturated rings. The van der Waals surface area contributed by atoms with E-state index in [1.807, 2.05) is 30.3 Å². The predicted molar refractivity (Wildman–Crippen MR) is 104 cm³/mol. The van der Waals surface area contributed by atoms with Gasteiger partial charge in [-0.25, -0.2) is 0 Å². The highest BCUT2D eigenvalue weighted by molar-refractivity contribution is 5.82. The van der Waals surface area contributed by atoms with Crippen LogP contribution in [0.4, 0.5) is 0 Å². The molecular weight excluding hydrogens is 340 g/mol. The summed E-state index contributed by atoms with van der Waals surface area (Å²) in [6, 6.07) is 17.9. The van der Waals surface area contributed by atoms with Gasteiger partial charge < -0.3 is 10.0 Å². The van der Waals surface area contributed by atoms with Crippen molar-refractivity contribution in [2.75, 3.05) is 20.1 Å². The lowest BCUT2D eigenvalue weighted by Gasteiger charge is -2.23. The molecule has 0 aromatic heterocycles. The van der Waals surface area contributed by atoms with Crippen LogP contribution in [0.2, 0.25) is 0 Å². The van der Waals surface area contributed by atoms with Gasteiger partial charge in [0.15, 0.2) is 0 Å². The largest absolute Gasteiger partial charge is 0.481 e. The van der Waals surface area contributed by atoms with Crippen molar-refractivity contribution in [2.24, 2.45) is 5.92 Å². The van der Waals surface area contributed by atoms with Crippen molar-refractivity contribution >= 4 is 11.9 Å². The Bertz CT molecular complexity index is 766. The molecule has 27 heavy (non-hydrogen) atoms. The zero-order valence-electron chi connectivity index (χ0n) is 15.7. The van der Waals surface area contributed by atoms with E-state index in [9.17, 15) is 14.7 Å². The summed E-state index contributed by atoms with van der Waals surface area (Å²) in [5.41, 5.74) is 3.63. The molecule has 0 spiro atoms. The van der Waals surface area contributed by atoms with Crippen LogP contribution in [0.1, 0.15) is 23.1 Å². The Balaban J connectivity index is 1.48. The first kappa shape index (κ1) is 19.1. The Morgan fingerprint density at radius 2 is 1.63 bits per heavy atom. The molecule has 1 N–H and O–H groups in total. The van der Waals surface area contributed by atoms with Crippen LogP contribution in [-0.4, -0.2) is 46.9 Å². The molecule has 0 aliphatic carbocycles. The lowest BCUT2D eigenvalue weighted by molar-refractivity contribution is -0.145. The maximum atomic E-state index is 12.5. The van der Waals surface area contributed by atoms with E-state index in [4.69, 9.17) is 0 Å². The van der Waals surface area contributed by atoms with Gasteiger partial charge in [-0.2, -0.15) is 0 Å². The van der Waals surface area contributed by atoms with E-state index in [1.54, 1.807) is 11.9 Å². The van der Waals surface area contributed by atoms with Crippen molar-refractivity contribution in [3.05, 3.63) is 71.3 Å². The van der Waals surface area contributed by atoms with Crippen LogP contribution in [0, 0.1) is 5.92 Å². The first-order valence-corrected chi connectivity index (χ1v) is 9.33. The third-order valence-electron chi connectivity index (χ3n) is 5.18. The maximum absolute atomic E-state index is 12.5.